The normalized spacial score (nSPS) is 10.3. The number of rotatable bonds is 5. The van der Waals surface area contributed by atoms with Crippen LogP contribution in [0.25, 0.3) is 10.9 Å². The summed E-state index contributed by atoms with van der Waals surface area (Å²) in [4.78, 5) is 38.4. The van der Waals surface area contributed by atoms with Gasteiger partial charge in [-0.3, -0.25) is 10.1 Å². The summed E-state index contributed by atoms with van der Waals surface area (Å²) in [7, 11) is 0. The molecule has 0 saturated carbocycles. The molecule has 23 heavy (non-hydrogen) atoms. The molecule has 120 valence electrons. The van der Waals surface area contributed by atoms with E-state index in [1.165, 1.54) is 24.3 Å². The molecule has 0 aliphatic carbocycles. The molecular weight excluding hydrogens is 304 g/mol. The van der Waals surface area contributed by atoms with Gasteiger partial charge in [0.1, 0.15) is 0 Å². The van der Waals surface area contributed by atoms with E-state index < -0.39 is 16.9 Å². The van der Waals surface area contributed by atoms with Gasteiger partial charge in [0.15, 0.2) is 5.69 Å². The lowest BCUT2D eigenvalue weighted by Crippen LogP contribution is -2.16. The average Bonchev–Trinajstić information content (AvgIpc) is 2.53. The van der Waals surface area contributed by atoms with Crippen LogP contribution in [-0.2, 0) is 9.47 Å². The highest BCUT2D eigenvalue weighted by atomic mass is 16.6. The second-order valence-corrected chi connectivity index (χ2v) is 4.46. The van der Waals surface area contributed by atoms with Crippen molar-refractivity contribution < 1.29 is 24.0 Å². The molecule has 0 fully saturated rings. The highest BCUT2D eigenvalue weighted by Gasteiger charge is 2.22. The number of hydrogen-bond acceptors (Lipinski definition) is 7. The predicted molar refractivity (Wildman–Crippen MR) is 80.3 cm³/mol. The topological polar surface area (TPSA) is 109 Å². The van der Waals surface area contributed by atoms with Crippen molar-refractivity contribution in [2.45, 2.75) is 13.8 Å². The molecular formula is C15H14N2O6. The lowest BCUT2D eigenvalue weighted by molar-refractivity contribution is -0.384. The van der Waals surface area contributed by atoms with E-state index in [1.807, 2.05) is 0 Å². The summed E-state index contributed by atoms with van der Waals surface area (Å²) in [5, 5.41) is 11.2. The quantitative estimate of drug-likeness (QED) is 0.473. The van der Waals surface area contributed by atoms with Crippen molar-refractivity contribution in [3.05, 3.63) is 45.6 Å². The number of aromatic nitrogens is 1. The van der Waals surface area contributed by atoms with E-state index in [0.29, 0.717) is 10.9 Å². The van der Waals surface area contributed by atoms with Crippen LogP contribution in [0.4, 0.5) is 5.69 Å². The van der Waals surface area contributed by atoms with Crippen molar-refractivity contribution in [2.75, 3.05) is 13.2 Å². The van der Waals surface area contributed by atoms with Crippen molar-refractivity contribution in [1.82, 2.24) is 4.98 Å². The number of esters is 2. The van der Waals surface area contributed by atoms with Crippen molar-refractivity contribution in [3.8, 4) is 0 Å². The van der Waals surface area contributed by atoms with Crippen LogP contribution in [-0.4, -0.2) is 35.1 Å². The molecule has 0 atom stereocenters. The van der Waals surface area contributed by atoms with Crippen molar-refractivity contribution in [2.24, 2.45) is 0 Å². The molecule has 0 N–H and O–H groups in total. The van der Waals surface area contributed by atoms with Crippen LogP contribution in [0.5, 0.6) is 0 Å². The molecule has 0 aliphatic heterocycles. The largest absolute Gasteiger partial charge is 0.462 e. The Balaban J connectivity index is 2.64. The van der Waals surface area contributed by atoms with Crippen LogP contribution in [0.15, 0.2) is 24.3 Å². The maximum absolute atomic E-state index is 12.0. The number of nitro benzene ring substituents is 1. The highest BCUT2D eigenvalue weighted by molar-refractivity contribution is 6.05. The molecule has 0 aliphatic rings. The zero-order valence-corrected chi connectivity index (χ0v) is 12.6. The molecule has 0 amide bonds. The number of hydrogen-bond donors (Lipinski definition) is 0. The van der Waals surface area contributed by atoms with Gasteiger partial charge in [-0.05, 0) is 26.0 Å². The summed E-state index contributed by atoms with van der Waals surface area (Å²) < 4.78 is 9.79. The summed E-state index contributed by atoms with van der Waals surface area (Å²) >= 11 is 0. The zero-order valence-electron chi connectivity index (χ0n) is 12.6. The number of carbonyl (C=O) groups is 2. The first-order valence-electron chi connectivity index (χ1n) is 6.91. The number of benzene rings is 1. The molecule has 8 heteroatoms. The third-order valence-electron chi connectivity index (χ3n) is 2.97. The highest BCUT2D eigenvalue weighted by Crippen LogP contribution is 2.23. The first-order chi connectivity index (χ1) is 11.0. The number of nitrogens with zero attached hydrogens (tertiary/aromatic N) is 2. The van der Waals surface area contributed by atoms with Gasteiger partial charge in [-0.1, -0.05) is 0 Å². The molecule has 1 heterocycles. The summed E-state index contributed by atoms with van der Waals surface area (Å²) in [5.74, 6) is -1.49. The first-order valence-corrected chi connectivity index (χ1v) is 6.91. The zero-order chi connectivity index (χ0) is 17.0. The first kappa shape index (κ1) is 16.3. The molecule has 0 unspecified atom stereocenters. The van der Waals surface area contributed by atoms with Gasteiger partial charge in [0, 0.05) is 17.5 Å². The average molecular weight is 318 g/mol. The molecule has 0 bridgehead atoms. The maximum Gasteiger partial charge on any atom is 0.357 e. The number of nitro groups is 1. The fourth-order valence-corrected chi connectivity index (χ4v) is 2.00. The Morgan fingerprint density at radius 1 is 1.13 bits per heavy atom. The molecule has 0 saturated heterocycles. The molecule has 1 aromatic heterocycles. The van der Waals surface area contributed by atoms with Gasteiger partial charge in [-0.2, -0.15) is 0 Å². The second kappa shape index (κ2) is 6.82. The van der Waals surface area contributed by atoms with Crippen molar-refractivity contribution >= 4 is 28.5 Å². The standard InChI is InChI=1S/C15H14N2O6/c1-3-22-14(18)11-8-9-7-10(17(20)21)5-6-12(9)16-13(11)15(19)23-4-2/h5-8H,3-4H2,1-2H3. The van der Waals surface area contributed by atoms with Gasteiger partial charge in [0.05, 0.1) is 29.2 Å². The number of non-ortho nitro benzene ring substituents is 1. The molecule has 8 nitrogen and oxygen atoms in total. The maximum atomic E-state index is 12.0. The lowest BCUT2D eigenvalue weighted by Gasteiger charge is -2.09. The lowest BCUT2D eigenvalue weighted by atomic mass is 10.1. The minimum Gasteiger partial charge on any atom is -0.462 e. The number of carbonyl (C=O) groups excluding carboxylic acids is 2. The van der Waals surface area contributed by atoms with Gasteiger partial charge in [0.25, 0.3) is 5.69 Å². The Morgan fingerprint density at radius 3 is 2.39 bits per heavy atom. The second-order valence-electron chi connectivity index (χ2n) is 4.46. The van der Waals surface area contributed by atoms with Gasteiger partial charge in [-0.15, -0.1) is 0 Å². The van der Waals surface area contributed by atoms with Crippen LogP contribution in [0.3, 0.4) is 0 Å². The fourth-order valence-electron chi connectivity index (χ4n) is 2.00. The Labute approximate surface area is 131 Å². The van der Waals surface area contributed by atoms with Crippen LogP contribution in [0.1, 0.15) is 34.7 Å². The Hall–Kier alpha value is -3.03. The van der Waals surface area contributed by atoms with Gasteiger partial charge in [-0.25, -0.2) is 14.6 Å². The Morgan fingerprint density at radius 2 is 1.78 bits per heavy atom. The fraction of sp³-hybridized carbons (Fsp3) is 0.267. The molecule has 2 rings (SSSR count). The summed E-state index contributed by atoms with van der Waals surface area (Å²) in [5.41, 5.74) is -0.0605. The van der Waals surface area contributed by atoms with Gasteiger partial charge < -0.3 is 9.47 Å². The van der Waals surface area contributed by atoms with Crippen LogP contribution in [0.2, 0.25) is 0 Å². The molecule has 0 spiro atoms. The third-order valence-corrected chi connectivity index (χ3v) is 2.97. The smallest absolute Gasteiger partial charge is 0.357 e. The van der Waals surface area contributed by atoms with Crippen molar-refractivity contribution in [1.29, 1.82) is 0 Å². The monoisotopic (exact) mass is 318 g/mol. The summed E-state index contributed by atoms with van der Waals surface area (Å²) in [6.07, 6.45) is 0. The van der Waals surface area contributed by atoms with Crippen molar-refractivity contribution in [3.63, 3.8) is 0 Å². The number of ether oxygens (including phenoxy) is 2. The minimum atomic E-state index is -0.754. The van der Waals surface area contributed by atoms with Gasteiger partial charge >= 0.3 is 11.9 Å². The molecule has 2 aromatic rings. The molecule has 0 radical (unpaired) electrons. The third kappa shape index (κ3) is 3.42. The molecule has 1 aromatic carbocycles. The van der Waals surface area contributed by atoms with E-state index in [0.717, 1.165) is 0 Å². The van der Waals surface area contributed by atoms with Crippen LogP contribution < -0.4 is 0 Å². The minimum absolute atomic E-state index is 0.0849. The Kier molecular flexibility index (Phi) is 4.85. The van der Waals surface area contributed by atoms with E-state index in [2.05, 4.69) is 4.98 Å². The van der Waals surface area contributed by atoms with Crippen LogP contribution >= 0.6 is 0 Å². The number of fused-ring (bicyclic) bond motifs is 1. The summed E-state index contributed by atoms with van der Waals surface area (Å²) in [6.45, 7) is 3.50. The van der Waals surface area contributed by atoms with E-state index in [-0.39, 0.29) is 30.2 Å². The van der Waals surface area contributed by atoms with Crippen LogP contribution in [0, 0.1) is 10.1 Å². The van der Waals surface area contributed by atoms with Gasteiger partial charge in [0.2, 0.25) is 0 Å². The number of pyridine rings is 1. The summed E-state index contributed by atoms with van der Waals surface area (Å²) in [6, 6.07) is 5.30. The van der Waals surface area contributed by atoms with E-state index in [4.69, 9.17) is 9.47 Å². The van der Waals surface area contributed by atoms with E-state index in [1.54, 1.807) is 13.8 Å². The Bertz CT molecular complexity index is 787. The SMILES string of the molecule is CCOC(=O)c1cc2cc([N+](=O)[O-])ccc2nc1C(=O)OCC. The van der Waals surface area contributed by atoms with E-state index >= 15 is 0 Å². The van der Waals surface area contributed by atoms with E-state index in [9.17, 15) is 19.7 Å². The predicted octanol–water partition coefficient (Wildman–Crippen LogP) is 2.50.